The van der Waals surface area contributed by atoms with E-state index in [1.807, 2.05) is 13.0 Å². The van der Waals surface area contributed by atoms with E-state index in [1.54, 1.807) is 0 Å². The maximum atomic E-state index is 10.8. The summed E-state index contributed by atoms with van der Waals surface area (Å²) >= 11 is 0. The fourth-order valence-electron chi connectivity index (χ4n) is 2.55. The summed E-state index contributed by atoms with van der Waals surface area (Å²) in [5.41, 5.74) is 1.72. The molecular weight excluding hydrogens is 212 g/mol. The minimum Gasteiger partial charge on any atom is -0.459 e. The van der Waals surface area contributed by atoms with Crippen LogP contribution in [0.3, 0.4) is 0 Å². The Hall–Kier alpha value is -1.05. The molecule has 2 heteroatoms. The van der Waals surface area contributed by atoms with Gasteiger partial charge >= 0.3 is 5.97 Å². The summed E-state index contributed by atoms with van der Waals surface area (Å²) in [6.07, 6.45) is 8.74. The molecule has 1 rings (SSSR count). The van der Waals surface area contributed by atoms with E-state index in [9.17, 15) is 4.79 Å². The number of allylic oxidation sites excluding steroid dienone is 3. The molecule has 0 aromatic rings. The van der Waals surface area contributed by atoms with Gasteiger partial charge in [0.25, 0.3) is 0 Å². The van der Waals surface area contributed by atoms with Gasteiger partial charge in [-0.05, 0) is 38.2 Å². The molecule has 0 spiro atoms. The molecule has 0 bridgehead atoms. The van der Waals surface area contributed by atoms with Gasteiger partial charge in [-0.2, -0.15) is 0 Å². The Bertz CT molecular complexity index is 337. The van der Waals surface area contributed by atoms with Crippen LogP contribution in [0.25, 0.3) is 0 Å². The van der Waals surface area contributed by atoms with Crippen molar-refractivity contribution in [2.75, 3.05) is 0 Å². The Morgan fingerprint density at radius 2 is 2.24 bits per heavy atom. The van der Waals surface area contributed by atoms with Crippen LogP contribution in [-0.4, -0.2) is 12.1 Å². The lowest BCUT2D eigenvalue weighted by atomic mass is 9.68. The number of hydrogen-bond donors (Lipinski definition) is 0. The van der Waals surface area contributed by atoms with E-state index in [-0.39, 0.29) is 12.1 Å². The van der Waals surface area contributed by atoms with Crippen LogP contribution in [0.2, 0.25) is 0 Å². The number of esters is 1. The van der Waals surface area contributed by atoms with Gasteiger partial charge in [-0.25, -0.2) is 0 Å². The van der Waals surface area contributed by atoms with E-state index in [4.69, 9.17) is 4.74 Å². The molecule has 0 saturated carbocycles. The van der Waals surface area contributed by atoms with Gasteiger partial charge in [0.2, 0.25) is 0 Å². The van der Waals surface area contributed by atoms with Crippen molar-refractivity contribution in [3.05, 3.63) is 23.8 Å². The highest BCUT2D eigenvalue weighted by Crippen LogP contribution is 2.41. The lowest BCUT2D eigenvalue weighted by Crippen LogP contribution is -2.26. The van der Waals surface area contributed by atoms with Gasteiger partial charge in [-0.3, -0.25) is 4.79 Å². The third kappa shape index (κ3) is 4.03. The van der Waals surface area contributed by atoms with Gasteiger partial charge in [0, 0.05) is 12.8 Å². The number of hydrogen-bond acceptors (Lipinski definition) is 2. The molecule has 0 aliphatic heterocycles. The molecule has 0 saturated heterocycles. The largest absolute Gasteiger partial charge is 0.459 e. The van der Waals surface area contributed by atoms with Gasteiger partial charge in [0.15, 0.2) is 0 Å². The summed E-state index contributed by atoms with van der Waals surface area (Å²) in [6.45, 7) is 10.1. The van der Waals surface area contributed by atoms with Gasteiger partial charge in [0.05, 0.1) is 0 Å². The monoisotopic (exact) mass is 236 g/mol. The molecule has 17 heavy (non-hydrogen) atoms. The first-order valence-electron chi connectivity index (χ1n) is 6.35. The van der Waals surface area contributed by atoms with Crippen molar-refractivity contribution in [1.82, 2.24) is 0 Å². The molecule has 0 aromatic carbocycles. The molecule has 0 N–H and O–H groups in total. The fourth-order valence-corrected chi connectivity index (χ4v) is 2.55. The van der Waals surface area contributed by atoms with Gasteiger partial charge in [0.1, 0.15) is 6.10 Å². The van der Waals surface area contributed by atoms with Gasteiger partial charge in [-0.15, -0.1) is 0 Å². The molecule has 1 aliphatic carbocycles. The van der Waals surface area contributed by atoms with E-state index < -0.39 is 0 Å². The molecule has 0 amide bonds. The summed E-state index contributed by atoms with van der Waals surface area (Å²) in [5.74, 6) is 0.228. The van der Waals surface area contributed by atoms with Crippen LogP contribution >= 0.6 is 0 Å². The van der Waals surface area contributed by atoms with Gasteiger partial charge in [-0.1, -0.05) is 31.6 Å². The van der Waals surface area contributed by atoms with Crippen LogP contribution in [0.15, 0.2) is 23.8 Å². The van der Waals surface area contributed by atoms with Crippen molar-refractivity contribution in [1.29, 1.82) is 0 Å². The summed E-state index contributed by atoms with van der Waals surface area (Å²) < 4.78 is 5.10. The van der Waals surface area contributed by atoms with Crippen LogP contribution in [0.1, 0.15) is 47.5 Å². The number of rotatable bonds is 3. The zero-order chi connectivity index (χ0) is 13.1. The van der Waals surface area contributed by atoms with Crippen LogP contribution < -0.4 is 0 Å². The Morgan fingerprint density at radius 3 is 2.76 bits per heavy atom. The normalized spacial score (nSPS) is 25.5. The van der Waals surface area contributed by atoms with E-state index in [2.05, 4.69) is 32.9 Å². The molecule has 96 valence electrons. The Kier molecular flexibility index (Phi) is 4.55. The van der Waals surface area contributed by atoms with Crippen LogP contribution in [-0.2, 0) is 9.53 Å². The van der Waals surface area contributed by atoms with Crippen molar-refractivity contribution in [2.45, 2.75) is 53.6 Å². The van der Waals surface area contributed by atoms with Crippen LogP contribution in [0, 0.1) is 11.3 Å². The second kappa shape index (κ2) is 5.52. The van der Waals surface area contributed by atoms with Crippen molar-refractivity contribution in [3.8, 4) is 0 Å². The highest BCUT2D eigenvalue weighted by molar-refractivity contribution is 5.66. The fraction of sp³-hybridized carbons (Fsp3) is 0.667. The molecule has 0 aromatic heterocycles. The third-order valence-corrected chi connectivity index (χ3v) is 3.51. The average Bonchev–Trinajstić information content (AvgIpc) is 2.14. The predicted molar refractivity (Wildman–Crippen MR) is 70.6 cm³/mol. The van der Waals surface area contributed by atoms with Gasteiger partial charge < -0.3 is 4.74 Å². The molecule has 2 nitrogen and oxygen atoms in total. The lowest BCUT2D eigenvalue weighted by Gasteiger charge is -2.36. The first kappa shape index (κ1) is 14.0. The summed E-state index contributed by atoms with van der Waals surface area (Å²) in [7, 11) is 0. The molecule has 2 unspecified atom stereocenters. The second-order valence-corrected chi connectivity index (χ2v) is 5.65. The van der Waals surface area contributed by atoms with Crippen molar-refractivity contribution in [3.63, 3.8) is 0 Å². The lowest BCUT2D eigenvalue weighted by molar-refractivity contribution is -0.143. The number of ether oxygens (including phenoxy) is 1. The Balaban J connectivity index is 2.71. The minimum absolute atomic E-state index is 0.141. The molecule has 1 aliphatic rings. The molecule has 0 heterocycles. The summed E-state index contributed by atoms with van der Waals surface area (Å²) in [5, 5.41) is 0. The SMILES string of the molecule is CC(=O)OC(C)C=CC1C(C)=CCCC1(C)C. The maximum absolute atomic E-state index is 10.8. The van der Waals surface area contributed by atoms with Crippen molar-refractivity contribution in [2.24, 2.45) is 11.3 Å². The molecule has 2 atom stereocenters. The Labute approximate surface area is 105 Å². The smallest absolute Gasteiger partial charge is 0.303 e. The highest BCUT2D eigenvalue weighted by Gasteiger charge is 2.30. The third-order valence-electron chi connectivity index (χ3n) is 3.51. The summed E-state index contributed by atoms with van der Waals surface area (Å²) in [4.78, 5) is 10.8. The topological polar surface area (TPSA) is 26.3 Å². The average molecular weight is 236 g/mol. The van der Waals surface area contributed by atoms with Crippen LogP contribution in [0.4, 0.5) is 0 Å². The first-order valence-corrected chi connectivity index (χ1v) is 6.35. The van der Waals surface area contributed by atoms with E-state index in [1.165, 1.54) is 25.3 Å². The second-order valence-electron chi connectivity index (χ2n) is 5.65. The van der Waals surface area contributed by atoms with Crippen LogP contribution in [0.5, 0.6) is 0 Å². The van der Waals surface area contributed by atoms with Crippen molar-refractivity contribution < 1.29 is 9.53 Å². The first-order chi connectivity index (χ1) is 7.83. The van der Waals surface area contributed by atoms with Crippen molar-refractivity contribution >= 4 is 5.97 Å². The highest BCUT2D eigenvalue weighted by atomic mass is 16.5. The number of carbonyl (C=O) groups is 1. The number of carbonyl (C=O) groups excluding carboxylic acids is 1. The zero-order valence-electron chi connectivity index (χ0n) is 11.6. The molecule has 0 radical (unpaired) electrons. The van der Waals surface area contributed by atoms with E-state index >= 15 is 0 Å². The summed E-state index contributed by atoms with van der Waals surface area (Å²) in [6, 6.07) is 0. The zero-order valence-corrected chi connectivity index (χ0v) is 11.6. The Morgan fingerprint density at radius 1 is 1.59 bits per heavy atom. The molecular formula is C15H24O2. The maximum Gasteiger partial charge on any atom is 0.303 e. The van der Waals surface area contributed by atoms with E-state index in [0.717, 1.165) is 0 Å². The molecule has 0 fully saturated rings. The quantitative estimate of drug-likeness (QED) is 0.549. The van der Waals surface area contributed by atoms with E-state index in [0.29, 0.717) is 11.3 Å². The minimum atomic E-state index is -0.225. The predicted octanol–water partition coefficient (Wildman–Crippen LogP) is 3.88. The standard InChI is InChI=1S/C15H24O2/c1-11-7-6-10-15(4,5)14(11)9-8-12(2)17-13(3)16/h7-9,12,14H,6,10H2,1-5H3.